The summed E-state index contributed by atoms with van der Waals surface area (Å²) < 4.78 is 6.42. The van der Waals surface area contributed by atoms with Crippen LogP contribution in [0.5, 0.6) is 0 Å². The lowest BCUT2D eigenvalue weighted by molar-refractivity contribution is -0.135. The van der Waals surface area contributed by atoms with Gasteiger partial charge in [-0.1, -0.05) is 19.8 Å². The van der Waals surface area contributed by atoms with Gasteiger partial charge in [-0.25, -0.2) is 14.8 Å². The Morgan fingerprint density at radius 2 is 1.63 bits per heavy atom. The Hall–Kier alpha value is -2.55. The Morgan fingerprint density at radius 1 is 1.00 bits per heavy atom. The van der Waals surface area contributed by atoms with Crippen molar-refractivity contribution in [3.05, 3.63) is 23.3 Å². The highest BCUT2D eigenvalue weighted by Crippen LogP contribution is 2.43. The van der Waals surface area contributed by atoms with E-state index in [0.29, 0.717) is 36.0 Å². The van der Waals surface area contributed by atoms with Gasteiger partial charge >= 0.3 is 6.09 Å². The molecule has 41 heavy (non-hydrogen) atoms. The van der Waals surface area contributed by atoms with Crippen molar-refractivity contribution in [3.63, 3.8) is 0 Å². The average Bonchev–Trinajstić information content (AvgIpc) is 2.95. The van der Waals surface area contributed by atoms with Gasteiger partial charge in [0.1, 0.15) is 17.7 Å². The van der Waals surface area contributed by atoms with Gasteiger partial charge < -0.3 is 14.5 Å². The van der Waals surface area contributed by atoms with Gasteiger partial charge in [0.15, 0.2) is 0 Å². The van der Waals surface area contributed by atoms with Crippen molar-refractivity contribution < 1.29 is 19.1 Å². The van der Waals surface area contributed by atoms with E-state index in [1.165, 1.54) is 6.33 Å². The van der Waals surface area contributed by atoms with Crippen LogP contribution in [-0.4, -0.2) is 92.9 Å². The van der Waals surface area contributed by atoms with Crippen LogP contribution in [0.1, 0.15) is 106 Å². The number of Topliss-reactive ketones (excluding diaryl/α,β-unsaturated/α-hetero) is 1. The van der Waals surface area contributed by atoms with Crippen molar-refractivity contribution in [3.8, 4) is 0 Å². The summed E-state index contributed by atoms with van der Waals surface area (Å²) in [5.74, 6) is 1.15. The molecule has 0 aromatic carbocycles. The molecule has 3 saturated heterocycles. The number of carbonyl (C=O) groups is 3. The first-order valence-electron chi connectivity index (χ1n) is 16.0. The number of piperidine rings is 2. The molecule has 1 saturated carbocycles. The molecule has 0 radical (unpaired) electrons. The smallest absolute Gasteiger partial charge is 0.410 e. The fourth-order valence-electron chi connectivity index (χ4n) is 7.78. The predicted molar refractivity (Wildman–Crippen MR) is 157 cm³/mol. The predicted octanol–water partition coefficient (Wildman–Crippen LogP) is 4.94. The van der Waals surface area contributed by atoms with Crippen LogP contribution < -0.4 is 0 Å². The molecule has 1 atom stereocenters. The van der Waals surface area contributed by atoms with Gasteiger partial charge in [0.2, 0.25) is 0 Å². The van der Waals surface area contributed by atoms with Crippen molar-refractivity contribution in [1.29, 1.82) is 0 Å². The molecule has 1 aliphatic carbocycles. The summed E-state index contributed by atoms with van der Waals surface area (Å²) in [6, 6.07) is 0. The maximum absolute atomic E-state index is 13.3. The maximum atomic E-state index is 13.3. The molecule has 4 fully saturated rings. The van der Waals surface area contributed by atoms with Gasteiger partial charge in [-0.2, -0.15) is 0 Å². The van der Waals surface area contributed by atoms with E-state index in [1.54, 1.807) is 0 Å². The molecular weight excluding hydrogens is 518 g/mol. The number of amides is 2. The highest BCUT2D eigenvalue weighted by molar-refractivity contribution is 5.96. The Kier molecular flexibility index (Phi) is 9.02. The van der Waals surface area contributed by atoms with E-state index in [1.807, 2.05) is 23.6 Å². The number of rotatable bonds is 7. The van der Waals surface area contributed by atoms with E-state index in [4.69, 9.17) is 4.74 Å². The molecule has 1 aromatic heterocycles. The molecule has 2 amide bonds. The second-order valence-electron chi connectivity index (χ2n) is 13.4. The molecule has 5 rings (SSSR count). The number of unbranched alkanes of at least 4 members (excludes halogenated alkanes) is 1. The molecule has 9 nitrogen and oxygen atoms in total. The summed E-state index contributed by atoms with van der Waals surface area (Å²) in [5, 5.41) is 0. The third-order valence-electron chi connectivity index (χ3n) is 10.7. The Morgan fingerprint density at radius 3 is 2.24 bits per heavy atom. The van der Waals surface area contributed by atoms with Crippen LogP contribution in [0.2, 0.25) is 0 Å². The normalized spacial score (nSPS) is 25.4. The zero-order valence-electron chi connectivity index (χ0n) is 25.6. The summed E-state index contributed by atoms with van der Waals surface area (Å²) in [6.45, 7) is 13.1. The lowest BCUT2D eigenvalue weighted by Crippen LogP contribution is -2.64. The highest BCUT2D eigenvalue weighted by atomic mass is 16.6. The van der Waals surface area contributed by atoms with E-state index in [-0.39, 0.29) is 23.1 Å². The minimum atomic E-state index is -0.378. The van der Waals surface area contributed by atoms with E-state index >= 15 is 0 Å². The van der Waals surface area contributed by atoms with E-state index < -0.39 is 0 Å². The zero-order chi connectivity index (χ0) is 29.2. The van der Waals surface area contributed by atoms with E-state index in [2.05, 4.69) is 28.7 Å². The van der Waals surface area contributed by atoms with Crippen molar-refractivity contribution in [1.82, 2.24) is 24.7 Å². The molecule has 9 heteroatoms. The monoisotopic (exact) mass is 567 g/mol. The van der Waals surface area contributed by atoms with Crippen LogP contribution >= 0.6 is 0 Å². The SMILES string of the molecule is CCCCC1CN(CC2CCC(=O)CC2)C(=O)OC12CCN(C1(C)CCN(C(=O)c3c(C)ncnc3C)CC1)CC2. The van der Waals surface area contributed by atoms with Gasteiger partial charge in [-0.15, -0.1) is 0 Å². The summed E-state index contributed by atoms with van der Waals surface area (Å²) >= 11 is 0. The summed E-state index contributed by atoms with van der Waals surface area (Å²) in [6.07, 6.45) is 11.4. The van der Waals surface area contributed by atoms with Crippen LogP contribution in [0.15, 0.2) is 6.33 Å². The first-order chi connectivity index (χ1) is 19.6. The number of hydrogen-bond acceptors (Lipinski definition) is 7. The molecule has 0 bridgehead atoms. The van der Waals surface area contributed by atoms with Gasteiger partial charge in [-0.3, -0.25) is 14.5 Å². The third-order valence-corrected chi connectivity index (χ3v) is 10.7. The Bertz CT molecular complexity index is 1090. The molecule has 0 N–H and O–H groups in total. The van der Waals surface area contributed by atoms with Gasteiger partial charge in [0.25, 0.3) is 5.91 Å². The fourth-order valence-corrected chi connectivity index (χ4v) is 7.78. The Balaban J connectivity index is 1.19. The second-order valence-corrected chi connectivity index (χ2v) is 13.4. The first-order valence-corrected chi connectivity index (χ1v) is 16.0. The van der Waals surface area contributed by atoms with E-state index in [9.17, 15) is 14.4 Å². The average molecular weight is 568 g/mol. The molecule has 226 valence electrons. The Labute approximate surface area is 245 Å². The number of hydrogen-bond donors (Lipinski definition) is 0. The number of likely N-dealkylation sites (tertiary alicyclic amines) is 2. The summed E-state index contributed by atoms with van der Waals surface area (Å²) in [7, 11) is 0. The minimum Gasteiger partial charge on any atom is -0.442 e. The van der Waals surface area contributed by atoms with Gasteiger partial charge in [-0.05, 0) is 58.8 Å². The maximum Gasteiger partial charge on any atom is 0.410 e. The quantitative estimate of drug-likeness (QED) is 0.460. The van der Waals surface area contributed by atoms with E-state index in [0.717, 1.165) is 108 Å². The summed E-state index contributed by atoms with van der Waals surface area (Å²) in [4.78, 5) is 53.3. The van der Waals surface area contributed by atoms with Crippen LogP contribution in [0.3, 0.4) is 0 Å². The lowest BCUT2D eigenvalue weighted by atomic mass is 9.74. The second kappa shape index (κ2) is 12.4. The van der Waals surface area contributed by atoms with Crippen molar-refractivity contribution in [2.75, 3.05) is 39.3 Å². The molecule has 1 spiro atoms. The molecular formula is C32H49N5O4. The number of nitrogens with zero attached hydrogens (tertiary/aromatic N) is 5. The molecule has 4 aliphatic rings. The van der Waals surface area contributed by atoms with Gasteiger partial charge in [0.05, 0.1) is 17.0 Å². The van der Waals surface area contributed by atoms with Crippen LogP contribution in [-0.2, 0) is 9.53 Å². The topological polar surface area (TPSA) is 95.9 Å². The largest absolute Gasteiger partial charge is 0.442 e. The number of aromatic nitrogens is 2. The van der Waals surface area contributed by atoms with Gasteiger partial charge in [0, 0.05) is 76.4 Å². The van der Waals surface area contributed by atoms with Crippen LogP contribution in [0.4, 0.5) is 4.79 Å². The first kappa shape index (κ1) is 29.9. The zero-order valence-corrected chi connectivity index (χ0v) is 25.6. The highest BCUT2D eigenvalue weighted by Gasteiger charge is 2.51. The van der Waals surface area contributed by atoms with Crippen molar-refractivity contribution >= 4 is 17.8 Å². The number of ketones is 1. The van der Waals surface area contributed by atoms with Crippen LogP contribution in [0, 0.1) is 25.7 Å². The molecule has 4 heterocycles. The van der Waals surface area contributed by atoms with Crippen molar-refractivity contribution in [2.45, 2.75) is 109 Å². The molecule has 1 unspecified atom stereocenters. The number of carbonyl (C=O) groups excluding carboxylic acids is 3. The number of ether oxygens (including phenoxy) is 1. The third kappa shape index (κ3) is 6.30. The standard InChI is InChI=1S/C32H49N5O4/c1-5-6-7-26-21-36(20-25-8-10-27(38)11-9-25)30(40)41-32(26)14-18-37(19-15-32)31(4)12-16-35(17-13-31)29(39)28-23(2)33-22-34-24(28)3/h22,25-26H,5-21H2,1-4H3. The minimum absolute atomic E-state index is 0.0255. The van der Waals surface area contributed by atoms with Crippen LogP contribution in [0.25, 0.3) is 0 Å². The molecule has 1 aromatic rings. The fraction of sp³-hybridized carbons (Fsp3) is 0.781. The lowest BCUT2D eigenvalue weighted by Gasteiger charge is -2.55. The summed E-state index contributed by atoms with van der Waals surface area (Å²) in [5.41, 5.74) is 1.77. The number of aryl methyl sites for hydroxylation is 2. The van der Waals surface area contributed by atoms with Crippen molar-refractivity contribution in [2.24, 2.45) is 11.8 Å². The molecule has 3 aliphatic heterocycles.